The van der Waals surface area contributed by atoms with Crippen molar-refractivity contribution in [2.24, 2.45) is 0 Å². The van der Waals surface area contributed by atoms with Crippen molar-refractivity contribution < 1.29 is 4.79 Å². The molecule has 0 bridgehead atoms. The molecule has 5 nitrogen and oxygen atoms in total. The summed E-state index contributed by atoms with van der Waals surface area (Å²) in [6, 6.07) is 8.40. The monoisotopic (exact) mass is 286 g/mol. The van der Waals surface area contributed by atoms with Crippen LogP contribution in [-0.4, -0.2) is 46.5 Å². The summed E-state index contributed by atoms with van der Waals surface area (Å²) in [5, 5.41) is 3.18. The number of aryl methyl sites for hydroxylation is 1. The molecule has 1 aromatic heterocycles. The molecule has 0 saturated carbocycles. The van der Waals surface area contributed by atoms with Gasteiger partial charge in [0.2, 0.25) is 5.91 Å². The second kappa shape index (κ2) is 6.26. The predicted octanol–water partition coefficient (Wildman–Crippen LogP) is 1.64. The van der Waals surface area contributed by atoms with E-state index in [1.54, 1.807) is 0 Å². The van der Waals surface area contributed by atoms with Gasteiger partial charge in [-0.05, 0) is 32.0 Å². The van der Waals surface area contributed by atoms with Gasteiger partial charge in [-0.2, -0.15) is 0 Å². The van der Waals surface area contributed by atoms with Crippen molar-refractivity contribution in [3.63, 3.8) is 0 Å². The molecule has 5 heteroatoms. The maximum Gasteiger partial charge on any atom is 0.224 e. The minimum atomic E-state index is 0.255. The van der Waals surface area contributed by atoms with Gasteiger partial charge in [-0.1, -0.05) is 12.1 Å². The maximum atomic E-state index is 12.4. The van der Waals surface area contributed by atoms with Crippen molar-refractivity contribution in [3.8, 4) is 0 Å². The van der Waals surface area contributed by atoms with Crippen molar-refractivity contribution >= 4 is 16.9 Å². The first-order valence-corrected chi connectivity index (χ1v) is 7.63. The Balaban J connectivity index is 1.63. The molecule has 1 saturated heterocycles. The number of carbonyl (C=O) groups is 1. The van der Waals surface area contributed by atoms with Crippen LogP contribution in [0.2, 0.25) is 0 Å². The van der Waals surface area contributed by atoms with Crippen LogP contribution in [0.3, 0.4) is 0 Å². The number of fused-ring (bicyclic) bond motifs is 1. The van der Waals surface area contributed by atoms with E-state index >= 15 is 0 Å². The van der Waals surface area contributed by atoms with Gasteiger partial charge in [0, 0.05) is 32.1 Å². The second-order valence-corrected chi connectivity index (χ2v) is 5.62. The van der Waals surface area contributed by atoms with Gasteiger partial charge >= 0.3 is 0 Å². The van der Waals surface area contributed by atoms with Crippen LogP contribution >= 0.6 is 0 Å². The molecule has 2 heterocycles. The van der Waals surface area contributed by atoms with Gasteiger partial charge in [0.1, 0.15) is 0 Å². The Bertz CT molecular complexity index is 622. The Kier molecular flexibility index (Phi) is 4.20. The van der Waals surface area contributed by atoms with Gasteiger partial charge in [-0.15, -0.1) is 0 Å². The lowest BCUT2D eigenvalue weighted by Gasteiger charge is -2.24. The number of amides is 1. The van der Waals surface area contributed by atoms with E-state index in [1.807, 2.05) is 42.5 Å². The Morgan fingerprint density at radius 2 is 2.29 bits per heavy atom. The molecule has 1 amide bonds. The summed E-state index contributed by atoms with van der Waals surface area (Å²) in [5.74, 6) is 0.255. The molecule has 1 atom stereocenters. The number of likely N-dealkylation sites (N-methyl/N-ethyl adjacent to an activating group) is 1. The smallest absolute Gasteiger partial charge is 0.224 e. The summed E-state index contributed by atoms with van der Waals surface area (Å²) in [6.45, 7) is 2.48. The number of hydrogen-bond donors (Lipinski definition) is 1. The molecule has 1 aliphatic rings. The van der Waals surface area contributed by atoms with Gasteiger partial charge in [0.25, 0.3) is 0 Å². The van der Waals surface area contributed by atoms with Crippen molar-refractivity contribution in [2.75, 3.05) is 20.1 Å². The van der Waals surface area contributed by atoms with E-state index in [1.165, 1.54) is 0 Å². The number of nitrogens with one attached hydrogen (secondary N) is 1. The molecular weight excluding hydrogens is 264 g/mol. The SMILES string of the molecule is CNCC1CCCN1C(=O)CCn1cnc2ccccc21. The minimum Gasteiger partial charge on any atom is -0.338 e. The highest BCUT2D eigenvalue weighted by Gasteiger charge is 2.27. The molecule has 1 aromatic carbocycles. The lowest BCUT2D eigenvalue weighted by atomic mass is 10.2. The summed E-state index contributed by atoms with van der Waals surface area (Å²) in [7, 11) is 1.94. The molecule has 21 heavy (non-hydrogen) atoms. The number of likely N-dealkylation sites (tertiary alicyclic amines) is 1. The highest BCUT2D eigenvalue weighted by molar-refractivity contribution is 5.78. The largest absolute Gasteiger partial charge is 0.338 e. The molecule has 0 spiro atoms. The summed E-state index contributed by atoms with van der Waals surface area (Å²) < 4.78 is 2.07. The van der Waals surface area contributed by atoms with E-state index in [2.05, 4.69) is 14.9 Å². The zero-order valence-electron chi connectivity index (χ0n) is 12.5. The molecular formula is C16H22N4O. The third-order valence-corrected chi connectivity index (χ3v) is 4.23. The molecule has 1 fully saturated rings. The van der Waals surface area contributed by atoms with E-state index in [9.17, 15) is 4.79 Å². The lowest BCUT2D eigenvalue weighted by molar-refractivity contribution is -0.132. The van der Waals surface area contributed by atoms with Gasteiger partial charge in [0.15, 0.2) is 0 Å². The third kappa shape index (κ3) is 2.93. The van der Waals surface area contributed by atoms with E-state index in [0.29, 0.717) is 19.0 Å². The van der Waals surface area contributed by atoms with Crippen molar-refractivity contribution in [1.82, 2.24) is 19.8 Å². The van der Waals surface area contributed by atoms with Crippen LogP contribution in [0.5, 0.6) is 0 Å². The minimum absolute atomic E-state index is 0.255. The molecule has 1 aliphatic heterocycles. The fourth-order valence-electron chi connectivity index (χ4n) is 3.16. The van der Waals surface area contributed by atoms with Crippen LogP contribution in [0.1, 0.15) is 19.3 Å². The molecule has 2 aromatic rings. The standard InChI is InChI=1S/C16H22N4O/c1-17-11-13-5-4-9-20(13)16(21)8-10-19-12-18-14-6-2-3-7-15(14)19/h2-3,6-7,12-13,17H,4-5,8-11H2,1H3. The number of hydrogen-bond acceptors (Lipinski definition) is 3. The number of rotatable bonds is 5. The Morgan fingerprint density at radius 3 is 3.14 bits per heavy atom. The van der Waals surface area contributed by atoms with Gasteiger partial charge in [0.05, 0.1) is 17.4 Å². The first-order chi connectivity index (χ1) is 10.3. The fraction of sp³-hybridized carbons (Fsp3) is 0.500. The number of imidazole rings is 1. The van der Waals surface area contributed by atoms with E-state index < -0.39 is 0 Å². The van der Waals surface area contributed by atoms with Crippen LogP contribution in [0, 0.1) is 0 Å². The Hall–Kier alpha value is -1.88. The number of benzene rings is 1. The molecule has 112 valence electrons. The summed E-state index contributed by atoms with van der Waals surface area (Å²) in [4.78, 5) is 18.8. The Morgan fingerprint density at radius 1 is 1.43 bits per heavy atom. The summed E-state index contributed by atoms with van der Waals surface area (Å²) in [5.41, 5.74) is 2.08. The van der Waals surface area contributed by atoms with Crippen LogP contribution in [-0.2, 0) is 11.3 Å². The van der Waals surface area contributed by atoms with Gasteiger partial charge in [-0.3, -0.25) is 4.79 Å². The van der Waals surface area contributed by atoms with Crippen molar-refractivity contribution in [3.05, 3.63) is 30.6 Å². The Labute approximate surface area is 125 Å². The van der Waals surface area contributed by atoms with E-state index in [0.717, 1.165) is 37.0 Å². The first kappa shape index (κ1) is 14.1. The zero-order chi connectivity index (χ0) is 14.7. The highest BCUT2D eigenvalue weighted by Crippen LogP contribution is 2.18. The quantitative estimate of drug-likeness (QED) is 0.909. The second-order valence-electron chi connectivity index (χ2n) is 5.62. The van der Waals surface area contributed by atoms with Crippen LogP contribution in [0.4, 0.5) is 0 Å². The molecule has 0 radical (unpaired) electrons. The predicted molar refractivity (Wildman–Crippen MR) is 83.0 cm³/mol. The number of para-hydroxylation sites is 2. The fourth-order valence-corrected chi connectivity index (χ4v) is 3.16. The summed E-state index contributed by atoms with van der Waals surface area (Å²) >= 11 is 0. The summed E-state index contributed by atoms with van der Waals surface area (Å²) in [6.07, 6.45) is 4.60. The van der Waals surface area contributed by atoms with E-state index in [-0.39, 0.29) is 5.91 Å². The number of aromatic nitrogens is 2. The molecule has 3 rings (SSSR count). The molecule has 1 unspecified atom stereocenters. The van der Waals surface area contributed by atoms with E-state index in [4.69, 9.17) is 0 Å². The molecule has 1 N–H and O–H groups in total. The van der Waals surface area contributed by atoms with Crippen molar-refractivity contribution in [1.29, 1.82) is 0 Å². The third-order valence-electron chi connectivity index (χ3n) is 4.23. The lowest BCUT2D eigenvalue weighted by Crippen LogP contribution is -2.41. The van der Waals surface area contributed by atoms with Crippen LogP contribution < -0.4 is 5.32 Å². The van der Waals surface area contributed by atoms with Crippen molar-refractivity contribution in [2.45, 2.75) is 31.8 Å². The average molecular weight is 286 g/mol. The maximum absolute atomic E-state index is 12.4. The van der Waals surface area contributed by atoms with Gasteiger partial charge < -0.3 is 14.8 Å². The number of nitrogens with zero attached hydrogens (tertiary/aromatic N) is 3. The average Bonchev–Trinajstić information content (AvgIpc) is 3.12. The number of carbonyl (C=O) groups excluding carboxylic acids is 1. The highest BCUT2D eigenvalue weighted by atomic mass is 16.2. The van der Waals surface area contributed by atoms with Crippen LogP contribution in [0.25, 0.3) is 11.0 Å². The molecule has 0 aliphatic carbocycles. The first-order valence-electron chi connectivity index (χ1n) is 7.63. The zero-order valence-corrected chi connectivity index (χ0v) is 12.5. The van der Waals surface area contributed by atoms with Gasteiger partial charge in [-0.25, -0.2) is 4.98 Å². The topological polar surface area (TPSA) is 50.2 Å². The van der Waals surface area contributed by atoms with Crippen LogP contribution in [0.15, 0.2) is 30.6 Å². The normalized spacial score (nSPS) is 18.5.